The molecule has 0 aliphatic rings. The van der Waals surface area contributed by atoms with Crippen LogP contribution in [0, 0.1) is 6.92 Å². The van der Waals surface area contributed by atoms with E-state index in [0.29, 0.717) is 0 Å². The van der Waals surface area contributed by atoms with Crippen LogP contribution < -0.4 is 30.1 Å². The molecule has 4 rings (SSSR count). The third-order valence-corrected chi connectivity index (χ3v) is 5.17. The van der Waals surface area contributed by atoms with Crippen molar-refractivity contribution >= 4 is 34.8 Å². The third-order valence-electron chi connectivity index (χ3n) is 3.88. The number of aryl methyl sites for hydroxylation is 1. The number of halogens is 2. The van der Waals surface area contributed by atoms with Crippen LogP contribution in [0.4, 0.5) is 0 Å². The molecule has 0 amide bonds. The molecule has 4 heteroatoms. The summed E-state index contributed by atoms with van der Waals surface area (Å²) in [6, 6.07) is 26.0. The smallest absolute Gasteiger partial charge is 1.00 e. The Labute approximate surface area is 179 Å². The molecule has 0 nitrogen and oxygen atoms in total. The zero-order valence-electron chi connectivity index (χ0n) is 14.6. The van der Waals surface area contributed by atoms with Crippen molar-refractivity contribution in [1.29, 1.82) is 0 Å². The molecular formula is C21H21Cl2PTi. The van der Waals surface area contributed by atoms with Crippen LogP contribution >= 0.6 is 7.92 Å². The van der Waals surface area contributed by atoms with Gasteiger partial charge in [0, 0.05) is 0 Å². The van der Waals surface area contributed by atoms with E-state index >= 15 is 0 Å². The molecule has 25 heavy (non-hydrogen) atoms. The van der Waals surface area contributed by atoms with Crippen LogP contribution in [-0.2, 0) is 21.7 Å². The van der Waals surface area contributed by atoms with Crippen LogP contribution in [0.1, 0.15) is 5.56 Å². The van der Waals surface area contributed by atoms with Gasteiger partial charge in [0.05, 0.1) is 0 Å². The molecule has 0 fully saturated rings. The predicted octanol–water partition coefficient (Wildman–Crippen LogP) is -0.202. The summed E-state index contributed by atoms with van der Waals surface area (Å²) in [4.78, 5) is 0. The van der Waals surface area contributed by atoms with Crippen LogP contribution in [0.5, 0.6) is 0 Å². The minimum absolute atomic E-state index is 0. The van der Waals surface area contributed by atoms with Crippen molar-refractivity contribution < 1.29 is 46.5 Å². The van der Waals surface area contributed by atoms with Crippen LogP contribution in [0.25, 0.3) is 21.5 Å². The van der Waals surface area contributed by atoms with E-state index in [-0.39, 0.29) is 54.5 Å². The molecule has 0 heterocycles. The van der Waals surface area contributed by atoms with Gasteiger partial charge in [-0.2, -0.15) is 12.1 Å². The topological polar surface area (TPSA) is 0 Å². The molecule has 0 N–H and O–H groups in total. The number of hydrogen-bond acceptors (Lipinski definition) is 0. The van der Waals surface area contributed by atoms with Gasteiger partial charge in [0.15, 0.2) is 0 Å². The standard InChI is InChI=1S/C11H12P.C10H9.2ClH.Ti/c1-12(2)11-7-9-5-3-4-6-10(9)8-11;1-8-6-9-4-2-3-5-10(9)7-8;;;/h3-8H,1-2H3;2-7H,1H3;2*1H;/q2*-1;;;+4/p-2. The zero-order chi connectivity index (χ0) is 15.5. The summed E-state index contributed by atoms with van der Waals surface area (Å²) < 4.78 is 0. The van der Waals surface area contributed by atoms with E-state index in [0.717, 1.165) is 0 Å². The van der Waals surface area contributed by atoms with Crippen molar-refractivity contribution in [2.45, 2.75) is 6.92 Å². The van der Waals surface area contributed by atoms with Gasteiger partial charge in [-0.1, -0.05) is 19.1 Å². The first-order valence-electron chi connectivity index (χ1n) is 7.58. The van der Waals surface area contributed by atoms with Crippen molar-refractivity contribution in [3.63, 3.8) is 0 Å². The second-order valence-corrected chi connectivity index (χ2v) is 8.20. The largest absolute Gasteiger partial charge is 4.00 e. The van der Waals surface area contributed by atoms with E-state index in [4.69, 9.17) is 0 Å². The van der Waals surface area contributed by atoms with Gasteiger partial charge in [-0.15, -0.1) is 88.9 Å². The van der Waals surface area contributed by atoms with E-state index in [2.05, 4.69) is 93.0 Å². The predicted molar refractivity (Wildman–Crippen MR) is 102 cm³/mol. The van der Waals surface area contributed by atoms with E-state index in [1.54, 1.807) is 0 Å². The fraction of sp³-hybridized carbons (Fsp3) is 0.143. The quantitative estimate of drug-likeness (QED) is 0.226. The Morgan fingerprint density at radius 3 is 1.68 bits per heavy atom. The summed E-state index contributed by atoms with van der Waals surface area (Å²) in [6.07, 6.45) is 0. The molecule has 0 saturated carbocycles. The summed E-state index contributed by atoms with van der Waals surface area (Å²) >= 11 is 0. The molecule has 128 valence electrons. The summed E-state index contributed by atoms with van der Waals surface area (Å²) in [6.45, 7) is 6.72. The van der Waals surface area contributed by atoms with Crippen LogP contribution in [0.2, 0.25) is 0 Å². The normalized spacial score (nSPS) is 9.60. The van der Waals surface area contributed by atoms with Crippen molar-refractivity contribution in [3.05, 3.63) is 78.4 Å². The molecule has 0 unspecified atom stereocenters. The molecule has 4 aromatic carbocycles. The minimum Gasteiger partial charge on any atom is -1.00 e. The average Bonchev–Trinajstić information content (AvgIpc) is 3.09. The summed E-state index contributed by atoms with van der Waals surface area (Å²) in [5, 5.41) is 6.96. The Morgan fingerprint density at radius 2 is 1.20 bits per heavy atom. The van der Waals surface area contributed by atoms with Gasteiger partial charge in [-0.3, -0.25) is 0 Å². The van der Waals surface area contributed by atoms with Gasteiger partial charge in [0.1, 0.15) is 0 Å². The molecule has 0 bridgehead atoms. The average molecular weight is 423 g/mol. The first-order valence-corrected chi connectivity index (χ1v) is 9.82. The summed E-state index contributed by atoms with van der Waals surface area (Å²) in [5.74, 6) is 0. The van der Waals surface area contributed by atoms with Crippen LogP contribution in [-0.4, -0.2) is 13.3 Å². The molecular weight excluding hydrogens is 402 g/mol. The monoisotopic (exact) mass is 422 g/mol. The Bertz CT molecular complexity index is 827. The fourth-order valence-electron chi connectivity index (χ4n) is 2.70. The first-order chi connectivity index (χ1) is 10.6. The summed E-state index contributed by atoms with van der Waals surface area (Å²) in [5.41, 5.74) is 1.35. The number of fused-ring (bicyclic) bond motifs is 2. The number of rotatable bonds is 1. The zero-order valence-corrected chi connectivity index (χ0v) is 18.6. The Kier molecular flexibility index (Phi) is 10.9. The van der Waals surface area contributed by atoms with Crippen molar-refractivity contribution in [2.24, 2.45) is 0 Å². The molecule has 0 saturated heterocycles. The molecule has 0 aliphatic heterocycles. The second kappa shape index (κ2) is 11.2. The summed E-state index contributed by atoms with van der Waals surface area (Å²) in [7, 11) is 0.0576. The van der Waals surface area contributed by atoms with Gasteiger partial charge in [0.2, 0.25) is 0 Å². The van der Waals surface area contributed by atoms with Gasteiger partial charge in [-0.05, 0) is 13.3 Å². The van der Waals surface area contributed by atoms with Crippen molar-refractivity contribution in [1.82, 2.24) is 0 Å². The van der Waals surface area contributed by atoms with Gasteiger partial charge in [-0.25, -0.2) is 0 Å². The Morgan fingerprint density at radius 1 is 0.720 bits per heavy atom. The second-order valence-electron chi connectivity index (χ2n) is 5.90. The fourth-order valence-corrected chi connectivity index (χ4v) is 3.49. The molecule has 0 aromatic heterocycles. The van der Waals surface area contributed by atoms with E-state index in [1.165, 1.54) is 32.4 Å². The van der Waals surface area contributed by atoms with E-state index in [9.17, 15) is 0 Å². The van der Waals surface area contributed by atoms with Crippen LogP contribution in [0.3, 0.4) is 0 Å². The maximum atomic E-state index is 2.31. The molecule has 0 spiro atoms. The third kappa shape index (κ3) is 6.24. The number of hydrogen-bond donors (Lipinski definition) is 0. The number of benzene rings is 2. The molecule has 4 aromatic rings. The van der Waals surface area contributed by atoms with E-state index < -0.39 is 0 Å². The Balaban J connectivity index is 0.000000416. The van der Waals surface area contributed by atoms with Gasteiger partial charge in [0.25, 0.3) is 0 Å². The van der Waals surface area contributed by atoms with Crippen molar-refractivity contribution in [2.75, 3.05) is 13.3 Å². The van der Waals surface area contributed by atoms with Crippen LogP contribution in [0.15, 0.2) is 72.8 Å². The first kappa shape index (κ1) is 24.4. The maximum Gasteiger partial charge on any atom is 4.00 e. The maximum absolute atomic E-state index is 2.31. The Hall–Kier alpha value is -0.616. The molecule has 0 atom stereocenters. The van der Waals surface area contributed by atoms with Crippen molar-refractivity contribution in [3.8, 4) is 0 Å². The van der Waals surface area contributed by atoms with E-state index in [1.807, 2.05) is 0 Å². The minimum atomic E-state index is 0. The molecule has 0 aliphatic carbocycles. The van der Waals surface area contributed by atoms with Gasteiger partial charge >= 0.3 is 21.7 Å². The SMILES string of the molecule is CP(C)c1cc2ccccc2[cH-]1.Cc1cc2ccccc2[cH-]1.[Cl-].[Cl-].[Ti+4]. The van der Waals surface area contributed by atoms with Gasteiger partial charge < -0.3 is 24.8 Å². The molecule has 0 radical (unpaired) electrons.